The van der Waals surface area contributed by atoms with Gasteiger partial charge in [0.25, 0.3) is 5.91 Å². The third-order valence-electron chi connectivity index (χ3n) is 3.06. The molecule has 1 heterocycles. The van der Waals surface area contributed by atoms with Crippen LogP contribution in [-0.4, -0.2) is 18.2 Å². The zero-order valence-electron chi connectivity index (χ0n) is 12.2. The summed E-state index contributed by atoms with van der Waals surface area (Å²) in [7, 11) is 0. The van der Waals surface area contributed by atoms with Gasteiger partial charge in [0.2, 0.25) is 0 Å². The first-order valence-electron chi connectivity index (χ1n) is 6.63. The molecule has 2 aromatic rings. The Kier molecular flexibility index (Phi) is 5.21. The Morgan fingerprint density at radius 1 is 0.960 bits per heavy atom. The highest BCUT2D eigenvalue weighted by Gasteiger charge is 2.37. The third kappa shape index (κ3) is 4.81. The van der Waals surface area contributed by atoms with Gasteiger partial charge in [-0.1, -0.05) is 6.07 Å². The van der Waals surface area contributed by atoms with Crippen molar-refractivity contribution < 1.29 is 35.9 Å². The molecule has 0 fully saturated rings. The number of thiophene rings is 1. The van der Waals surface area contributed by atoms with Crippen molar-refractivity contribution in [2.75, 3.05) is 6.54 Å². The van der Waals surface area contributed by atoms with E-state index in [0.29, 0.717) is 17.0 Å². The molecule has 0 aliphatic heterocycles. The minimum Gasteiger partial charge on any atom is -0.345 e. The summed E-state index contributed by atoms with van der Waals surface area (Å²) >= 11 is 1.09. The lowest BCUT2D eigenvalue weighted by Gasteiger charge is -2.14. The summed E-state index contributed by atoms with van der Waals surface area (Å²) in [6.07, 6.45) is -10.1. The number of carbonyl (C=O) groups excluding carboxylic acids is 2. The molecule has 0 saturated heterocycles. The second kappa shape index (κ2) is 6.87. The normalized spacial score (nSPS) is 12.1. The summed E-state index contributed by atoms with van der Waals surface area (Å²) in [6.45, 7) is -0.545. The molecule has 0 radical (unpaired) electrons. The van der Waals surface area contributed by atoms with Crippen LogP contribution in [0.3, 0.4) is 0 Å². The number of hydrogen-bond acceptors (Lipinski definition) is 3. The van der Waals surface area contributed by atoms with Gasteiger partial charge in [-0.15, -0.1) is 11.3 Å². The molecule has 1 N–H and O–H groups in total. The molecule has 0 unspecified atom stereocenters. The van der Waals surface area contributed by atoms with Crippen LogP contribution in [0.4, 0.5) is 26.3 Å². The van der Waals surface area contributed by atoms with Gasteiger partial charge in [0.15, 0.2) is 5.78 Å². The van der Waals surface area contributed by atoms with E-state index in [1.165, 1.54) is 6.07 Å². The number of ketones is 1. The molecule has 10 heteroatoms. The molecular weight excluding hydrogens is 372 g/mol. The van der Waals surface area contributed by atoms with Crippen LogP contribution in [0.1, 0.15) is 31.2 Å². The van der Waals surface area contributed by atoms with E-state index >= 15 is 0 Å². The molecule has 1 aromatic carbocycles. The fraction of sp³-hybridized carbons (Fsp3) is 0.200. The number of alkyl halides is 6. The zero-order chi connectivity index (χ0) is 18.8. The lowest BCUT2D eigenvalue weighted by Crippen LogP contribution is -2.29. The van der Waals surface area contributed by atoms with Crippen LogP contribution in [0.2, 0.25) is 0 Å². The number of rotatable bonds is 4. The maximum Gasteiger partial charge on any atom is 0.416 e. The van der Waals surface area contributed by atoms with Crippen LogP contribution in [0.5, 0.6) is 0 Å². The van der Waals surface area contributed by atoms with Gasteiger partial charge in [0, 0.05) is 5.56 Å². The Morgan fingerprint density at radius 2 is 1.52 bits per heavy atom. The van der Waals surface area contributed by atoms with Crippen LogP contribution in [-0.2, 0) is 12.4 Å². The van der Waals surface area contributed by atoms with E-state index in [9.17, 15) is 35.9 Å². The van der Waals surface area contributed by atoms with Gasteiger partial charge in [-0.2, -0.15) is 26.3 Å². The first-order chi connectivity index (χ1) is 11.5. The standard InChI is InChI=1S/C15H9F6NO2S/c16-14(17,18)9-4-8(5-10(6-9)15(19,20)21)13(24)22-7-11(23)12-2-1-3-25-12/h1-6H,7H2,(H,22,24). The van der Waals surface area contributed by atoms with Crippen molar-refractivity contribution >= 4 is 23.0 Å². The predicted octanol–water partition coefficient (Wildman–Crippen LogP) is 4.40. The van der Waals surface area contributed by atoms with Gasteiger partial charge in [-0.05, 0) is 29.6 Å². The SMILES string of the molecule is O=C(NCC(=O)c1cccs1)c1cc(C(F)(F)F)cc(C(F)(F)F)c1. The minimum atomic E-state index is -5.05. The van der Waals surface area contributed by atoms with Crippen LogP contribution in [0.15, 0.2) is 35.7 Å². The van der Waals surface area contributed by atoms with Gasteiger partial charge < -0.3 is 5.32 Å². The van der Waals surface area contributed by atoms with Crippen molar-refractivity contribution in [3.05, 3.63) is 57.3 Å². The number of hydrogen-bond donors (Lipinski definition) is 1. The molecule has 0 aliphatic carbocycles. The second-order valence-corrected chi connectivity index (χ2v) is 5.83. The molecular formula is C15H9F6NO2S. The lowest BCUT2D eigenvalue weighted by molar-refractivity contribution is -0.143. The first kappa shape index (κ1) is 19.0. The van der Waals surface area contributed by atoms with E-state index in [1.54, 1.807) is 11.4 Å². The van der Waals surface area contributed by atoms with Crippen LogP contribution < -0.4 is 5.32 Å². The molecule has 0 bridgehead atoms. The summed E-state index contributed by atoms with van der Waals surface area (Å²) in [5.41, 5.74) is -4.03. The van der Waals surface area contributed by atoms with Crippen molar-refractivity contribution in [1.82, 2.24) is 5.32 Å². The lowest BCUT2D eigenvalue weighted by atomic mass is 10.0. The summed E-state index contributed by atoms with van der Waals surface area (Å²) in [5, 5.41) is 3.64. The van der Waals surface area contributed by atoms with E-state index in [-0.39, 0.29) is 6.07 Å². The van der Waals surface area contributed by atoms with Crippen molar-refractivity contribution in [1.29, 1.82) is 0 Å². The quantitative estimate of drug-likeness (QED) is 0.630. The second-order valence-electron chi connectivity index (χ2n) is 4.88. The monoisotopic (exact) mass is 381 g/mol. The average molecular weight is 381 g/mol. The first-order valence-corrected chi connectivity index (χ1v) is 7.51. The van der Waals surface area contributed by atoms with Crippen LogP contribution in [0.25, 0.3) is 0 Å². The van der Waals surface area contributed by atoms with Crippen molar-refractivity contribution in [3.8, 4) is 0 Å². The van der Waals surface area contributed by atoms with Gasteiger partial charge in [-0.25, -0.2) is 0 Å². The number of benzene rings is 1. The van der Waals surface area contributed by atoms with Crippen molar-refractivity contribution in [3.63, 3.8) is 0 Å². The van der Waals surface area contributed by atoms with E-state index in [2.05, 4.69) is 0 Å². The average Bonchev–Trinajstić information content (AvgIpc) is 3.04. The number of amides is 1. The predicted molar refractivity (Wildman–Crippen MR) is 77.4 cm³/mol. The number of Topliss-reactive ketones (excluding diaryl/α,β-unsaturated/α-hetero) is 1. The summed E-state index contributed by atoms with van der Waals surface area (Å²) < 4.78 is 76.5. The number of carbonyl (C=O) groups is 2. The number of halogens is 6. The van der Waals surface area contributed by atoms with Gasteiger partial charge in [0.05, 0.1) is 22.5 Å². The van der Waals surface area contributed by atoms with Gasteiger partial charge >= 0.3 is 12.4 Å². The van der Waals surface area contributed by atoms with Crippen LogP contribution in [0, 0.1) is 0 Å². The van der Waals surface area contributed by atoms with E-state index in [0.717, 1.165) is 11.3 Å². The molecule has 2 rings (SSSR count). The Morgan fingerprint density at radius 3 is 1.96 bits per heavy atom. The minimum absolute atomic E-state index is 0.0758. The van der Waals surface area contributed by atoms with Crippen LogP contribution >= 0.6 is 11.3 Å². The molecule has 134 valence electrons. The molecule has 0 saturated carbocycles. The molecule has 1 amide bonds. The fourth-order valence-electron chi connectivity index (χ4n) is 1.87. The highest BCUT2D eigenvalue weighted by atomic mass is 32.1. The van der Waals surface area contributed by atoms with E-state index in [1.807, 2.05) is 5.32 Å². The number of nitrogens with one attached hydrogen (secondary N) is 1. The van der Waals surface area contributed by atoms with Gasteiger partial charge in [-0.3, -0.25) is 9.59 Å². The smallest absolute Gasteiger partial charge is 0.345 e. The summed E-state index contributed by atoms with van der Waals surface area (Å²) in [4.78, 5) is 23.9. The molecule has 0 spiro atoms. The Labute approximate surface area is 141 Å². The van der Waals surface area contributed by atoms with Crippen molar-refractivity contribution in [2.24, 2.45) is 0 Å². The maximum absolute atomic E-state index is 12.7. The maximum atomic E-state index is 12.7. The molecule has 0 aliphatic rings. The highest BCUT2D eigenvalue weighted by molar-refractivity contribution is 7.12. The Hall–Kier alpha value is -2.36. The largest absolute Gasteiger partial charge is 0.416 e. The van der Waals surface area contributed by atoms with Crippen molar-refractivity contribution in [2.45, 2.75) is 12.4 Å². The summed E-state index contributed by atoms with van der Waals surface area (Å²) in [6, 6.07) is 3.60. The Bertz CT molecular complexity index is 748. The van der Waals surface area contributed by atoms with E-state index in [4.69, 9.17) is 0 Å². The third-order valence-corrected chi connectivity index (χ3v) is 3.97. The molecule has 3 nitrogen and oxygen atoms in total. The fourth-order valence-corrected chi connectivity index (χ4v) is 2.54. The zero-order valence-corrected chi connectivity index (χ0v) is 13.0. The summed E-state index contributed by atoms with van der Waals surface area (Å²) in [5.74, 6) is -1.71. The molecule has 0 atom stereocenters. The molecule has 1 aromatic heterocycles. The van der Waals surface area contributed by atoms with E-state index < -0.39 is 47.3 Å². The van der Waals surface area contributed by atoms with Gasteiger partial charge in [0.1, 0.15) is 0 Å². The highest BCUT2D eigenvalue weighted by Crippen LogP contribution is 2.36. The molecule has 25 heavy (non-hydrogen) atoms. The Balaban J connectivity index is 2.24. The topological polar surface area (TPSA) is 46.2 Å².